The number of carbonyl (C=O) groups is 1. The molecule has 0 aromatic heterocycles. The van der Waals surface area contributed by atoms with Gasteiger partial charge in [0.25, 0.3) is 0 Å². The Balaban J connectivity index is 1.81. The number of fused-ring (bicyclic) bond motifs is 2. The molecule has 6 nitrogen and oxygen atoms in total. The first-order valence-electron chi connectivity index (χ1n) is 8.71. The molecular weight excluding hydrogens is 402 g/mol. The van der Waals surface area contributed by atoms with Crippen LogP contribution in [0.2, 0.25) is 5.02 Å². The highest BCUT2D eigenvalue weighted by Gasteiger charge is 2.47. The third kappa shape index (κ3) is 2.89. The molecule has 1 aliphatic heterocycles. The zero-order valence-corrected chi connectivity index (χ0v) is 16.9. The highest BCUT2D eigenvalue weighted by Crippen LogP contribution is 2.45. The summed E-state index contributed by atoms with van der Waals surface area (Å²) in [4.78, 5) is 17.4. The van der Waals surface area contributed by atoms with E-state index in [0.29, 0.717) is 34.3 Å². The summed E-state index contributed by atoms with van der Waals surface area (Å²) in [5.74, 6) is 0.502. The first-order valence-corrected chi connectivity index (χ1v) is 10.6. The molecule has 2 aromatic carbocycles. The minimum Gasteiger partial charge on any atom is -0.493 e. The summed E-state index contributed by atoms with van der Waals surface area (Å²) in [5.41, 5.74) is 1.48. The molecule has 0 amide bonds. The number of halogens is 1. The molecule has 1 aliphatic carbocycles. The predicted octanol–water partition coefficient (Wildman–Crippen LogP) is 3.73. The van der Waals surface area contributed by atoms with Gasteiger partial charge in [-0.1, -0.05) is 23.7 Å². The van der Waals surface area contributed by atoms with Gasteiger partial charge in [0.05, 0.1) is 24.8 Å². The number of ketones is 1. The Labute approximate surface area is 168 Å². The van der Waals surface area contributed by atoms with Gasteiger partial charge < -0.3 is 9.47 Å². The number of sulfone groups is 1. The van der Waals surface area contributed by atoms with Crippen molar-refractivity contribution in [2.75, 3.05) is 14.2 Å². The highest BCUT2D eigenvalue weighted by atomic mass is 35.5. The summed E-state index contributed by atoms with van der Waals surface area (Å²) in [5, 5.41) is -0.949. The van der Waals surface area contributed by atoms with E-state index >= 15 is 0 Å². The van der Waals surface area contributed by atoms with E-state index in [1.165, 1.54) is 13.2 Å². The molecule has 0 saturated heterocycles. The summed E-state index contributed by atoms with van der Waals surface area (Å²) in [6.45, 7) is 0. The van der Waals surface area contributed by atoms with Crippen LogP contribution in [-0.4, -0.2) is 39.4 Å². The lowest BCUT2D eigenvalue weighted by Gasteiger charge is -2.32. The maximum Gasteiger partial charge on any atom is 0.195 e. The van der Waals surface area contributed by atoms with Crippen molar-refractivity contribution in [1.82, 2.24) is 0 Å². The molecule has 0 radical (unpaired) electrons. The molecule has 2 atom stereocenters. The molecule has 146 valence electrons. The molecule has 8 heteroatoms. The van der Waals surface area contributed by atoms with Crippen LogP contribution >= 0.6 is 11.6 Å². The summed E-state index contributed by atoms with van der Waals surface area (Å²) in [7, 11) is -0.785. The van der Waals surface area contributed by atoms with Crippen molar-refractivity contribution in [3.8, 4) is 11.5 Å². The molecular formula is C20H18ClNO5S. The fraction of sp³-hybridized carbons (Fsp3) is 0.300. The van der Waals surface area contributed by atoms with Gasteiger partial charge in [-0.25, -0.2) is 8.42 Å². The van der Waals surface area contributed by atoms with Gasteiger partial charge in [0, 0.05) is 22.7 Å². The quantitative estimate of drug-likeness (QED) is 0.757. The molecule has 1 saturated carbocycles. The van der Waals surface area contributed by atoms with Crippen molar-refractivity contribution >= 4 is 38.6 Å². The van der Waals surface area contributed by atoms with E-state index in [1.807, 2.05) is 12.1 Å². The summed E-state index contributed by atoms with van der Waals surface area (Å²) in [6, 6.07) is 9.98. The van der Waals surface area contributed by atoms with Crippen LogP contribution in [0.1, 0.15) is 24.3 Å². The number of aliphatic imine (C=N–C) groups is 1. The third-order valence-corrected chi connectivity index (χ3v) is 7.50. The SMILES string of the molecule is COc1cccc(C2CC(=O)C3C(=Nc4ccc(Cl)cc4S3(=O)=O)C2)c1OC. The van der Waals surface area contributed by atoms with E-state index in [9.17, 15) is 13.2 Å². The monoisotopic (exact) mass is 419 g/mol. The van der Waals surface area contributed by atoms with E-state index in [4.69, 9.17) is 21.1 Å². The van der Waals surface area contributed by atoms with Crippen molar-refractivity contribution in [2.45, 2.75) is 28.9 Å². The van der Waals surface area contributed by atoms with E-state index in [2.05, 4.69) is 4.99 Å². The maximum absolute atomic E-state index is 13.1. The van der Waals surface area contributed by atoms with Crippen LogP contribution in [0.4, 0.5) is 5.69 Å². The Morgan fingerprint density at radius 1 is 1.11 bits per heavy atom. The largest absolute Gasteiger partial charge is 0.493 e. The van der Waals surface area contributed by atoms with E-state index in [0.717, 1.165) is 5.56 Å². The average Bonchev–Trinajstić information content (AvgIpc) is 2.67. The Hall–Kier alpha value is -2.38. The first kappa shape index (κ1) is 19.0. The molecule has 28 heavy (non-hydrogen) atoms. The number of hydrogen-bond donors (Lipinski definition) is 0. The van der Waals surface area contributed by atoms with Crippen LogP contribution in [0.25, 0.3) is 0 Å². The van der Waals surface area contributed by atoms with Crippen LogP contribution in [0.5, 0.6) is 11.5 Å². The number of ether oxygens (including phenoxy) is 2. The molecule has 2 aromatic rings. The lowest BCUT2D eigenvalue weighted by atomic mass is 9.81. The normalized spacial score (nSPS) is 22.7. The zero-order valence-electron chi connectivity index (χ0n) is 15.3. The van der Waals surface area contributed by atoms with Crippen molar-refractivity contribution < 1.29 is 22.7 Å². The number of para-hydroxylation sites is 1. The number of rotatable bonds is 3. The van der Waals surface area contributed by atoms with E-state index in [-0.39, 0.29) is 23.0 Å². The first-order chi connectivity index (χ1) is 13.4. The van der Waals surface area contributed by atoms with Gasteiger partial charge in [0.2, 0.25) is 0 Å². The third-order valence-electron chi connectivity index (χ3n) is 5.17. The Morgan fingerprint density at radius 3 is 2.61 bits per heavy atom. The number of hydrogen-bond acceptors (Lipinski definition) is 6. The van der Waals surface area contributed by atoms with Gasteiger partial charge >= 0.3 is 0 Å². The van der Waals surface area contributed by atoms with Crippen molar-refractivity contribution in [3.05, 3.63) is 47.0 Å². The van der Waals surface area contributed by atoms with Crippen molar-refractivity contribution in [1.29, 1.82) is 0 Å². The minimum absolute atomic E-state index is 0.0134. The van der Waals surface area contributed by atoms with Crippen LogP contribution in [-0.2, 0) is 14.6 Å². The number of Topliss-reactive ketones (excluding diaryl/α,β-unsaturated/α-hetero) is 1. The summed E-state index contributed by atoms with van der Waals surface area (Å²) < 4.78 is 37.0. The molecule has 1 heterocycles. The predicted molar refractivity (Wildman–Crippen MR) is 106 cm³/mol. The average molecular weight is 420 g/mol. The molecule has 0 bridgehead atoms. The lowest BCUT2D eigenvalue weighted by Crippen LogP contribution is -2.44. The van der Waals surface area contributed by atoms with Crippen molar-refractivity contribution in [2.24, 2.45) is 4.99 Å². The van der Waals surface area contributed by atoms with Gasteiger partial charge in [-0.3, -0.25) is 9.79 Å². The standard InChI is InChI=1S/C20H18ClNO5S/c1-26-17-5-3-4-13(19(17)27-2)11-8-15-20(16(23)9-11)28(24,25)18-10-12(21)6-7-14(18)22-15/h3-7,10-11,20H,8-9H2,1-2H3. The van der Waals surface area contributed by atoms with Gasteiger partial charge in [0.1, 0.15) is 0 Å². The molecule has 4 rings (SSSR count). The van der Waals surface area contributed by atoms with E-state index < -0.39 is 15.1 Å². The Bertz CT molecular complexity index is 1110. The van der Waals surface area contributed by atoms with Gasteiger partial charge in [0.15, 0.2) is 32.4 Å². The number of benzene rings is 2. The number of nitrogens with zero attached hydrogens (tertiary/aromatic N) is 1. The Morgan fingerprint density at radius 2 is 1.89 bits per heavy atom. The van der Waals surface area contributed by atoms with E-state index in [1.54, 1.807) is 25.3 Å². The second kappa shape index (κ2) is 6.90. The van der Waals surface area contributed by atoms with Crippen molar-refractivity contribution in [3.63, 3.8) is 0 Å². The molecule has 2 unspecified atom stereocenters. The fourth-order valence-electron chi connectivity index (χ4n) is 3.97. The second-order valence-electron chi connectivity index (χ2n) is 6.79. The van der Waals surface area contributed by atoms with Crippen LogP contribution < -0.4 is 9.47 Å². The van der Waals surface area contributed by atoms with Crippen LogP contribution in [0, 0.1) is 0 Å². The second-order valence-corrected chi connectivity index (χ2v) is 9.23. The topological polar surface area (TPSA) is 82.0 Å². The van der Waals surface area contributed by atoms with Gasteiger partial charge in [-0.2, -0.15) is 0 Å². The Kier molecular flexibility index (Phi) is 4.67. The van der Waals surface area contributed by atoms with Gasteiger partial charge in [-0.15, -0.1) is 0 Å². The maximum atomic E-state index is 13.1. The molecule has 0 N–H and O–H groups in total. The molecule has 0 spiro atoms. The number of methoxy groups -OCH3 is 2. The fourth-order valence-corrected chi connectivity index (χ4v) is 6.10. The van der Waals surface area contributed by atoms with Crippen LogP contribution in [0.3, 0.4) is 0 Å². The zero-order chi connectivity index (χ0) is 20.1. The molecule has 1 fully saturated rings. The van der Waals surface area contributed by atoms with Crippen LogP contribution in [0.15, 0.2) is 46.3 Å². The highest BCUT2D eigenvalue weighted by molar-refractivity contribution is 7.94. The minimum atomic E-state index is -3.87. The van der Waals surface area contributed by atoms with Gasteiger partial charge in [-0.05, 0) is 36.6 Å². The molecule has 2 aliphatic rings. The summed E-state index contributed by atoms with van der Waals surface area (Å²) >= 11 is 5.96. The lowest BCUT2D eigenvalue weighted by molar-refractivity contribution is -0.118. The number of carbonyl (C=O) groups excluding carboxylic acids is 1. The summed E-state index contributed by atoms with van der Waals surface area (Å²) in [6.07, 6.45) is 0.434. The smallest absolute Gasteiger partial charge is 0.195 e.